The van der Waals surface area contributed by atoms with Crippen LogP contribution in [0.2, 0.25) is 0 Å². The maximum Gasteiger partial charge on any atom is 0.371 e. The number of nitrogens with zero attached hydrogens (tertiary/aromatic N) is 1. The highest BCUT2D eigenvalue weighted by Crippen LogP contribution is 2.15. The number of rotatable bonds is 9. The second-order valence-corrected chi connectivity index (χ2v) is 5.43. The number of aryl methyl sites for hydroxylation is 1. The van der Waals surface area contributed by atoms with E-state index in [9.17, 15) is 9.59 Å². The summed E-state index contributed by atoms with van der Waals surface area (Å²) in [5.41, 5.74) is 2.09. The molecule has 0 aliphatic carbocycles. The van der Waals surface area contributed by atoms with Crippen LogP contribution in [0.25, 0.3) is 6.08 Å². The molecule has 0 aliphatic rings. The molecule has 136 valence electrons. The topological polar surface area (TPSA) is 85.7 Å². The fourth-order valence-electron chi connectivity index (χ4n) is 2.15. The Morgan fingerprint density at radius 2 is 1.85 bits per heavy atom. The van der Waals surface area contributed by atoms with Crippen molar-refractivity contribution in [2.75, 3.05) is 13.2 Å². The third kappa shape index (κ3) is 5.44. The number of hydrogen-bond acceptors (Lipinski definition) is 5. The molecule has 0 aliphatic heterocycles. The monoisotopic (exact) mass is 355 g/mol. The first-order valence-corrected chi connectivity index (χ1v) is 8.32. The number of ether oxygens (including phenoxy) is 2. The van der Waals surface area contributed by atoms with Crippen molar-refractivity contribution in [3.05, 3.63) is 65.2 Å². The number of carbonyl (C=O) groups excluding carboxylic acids is 1. The number of aliphatic carboxylic acids is 1. The van der Waals surface area contributed by atoms with Crippen LogP contribution in [-0.2, 0) is 16.0 Å². The smallest absolute Gasteiger partial charge is 0.371 e. The quantitative estimate of drug-likeness (QED) is 0.422. The molecule has 0 saturated heterocycles. The van der Waals surface area contributed by atoms with Crippen LogP contribution in [0.5, 0.6) is 5.75 Å². The Balaban J connectivity index is 1.97. The Labute approximate surface area is 152 Å². The van der Waals surface area contributed by atoms with Gasteiger partial charge < -0.3 is 14.6 Å². The predicted molar refractivity (Wildman–Crippen MR) is 97.1 cm³/mol. The van der Waals surface area contributed by atoms with Crippen LogP contribution in [0.3, 0.4) is 0 Å². The highest BCUT2D eigenvalue weighted by Gasteiger charge is 2.10. The van der Waals surface area contributed by atoms with Crippen LogP contribution < -0.4 is 4.74 Å². The Morgan fingerprint density at radius 1 is 1.12 bits per heavy atom. The van der Waals surface area contributed by atoms with Gasteiger partial charge in [-0.3, -0.25) is 9.78 Å². The van der Waals surface area contributed by atoms with E-state index in [1.54, 1.807) is 43.5 Å². The average molecular weight is 355 g/mol. The largest absolute Gasteiger partial charge is 0.487 e. The molecule has 1 aromatic carbocycles. The minimum absolute atomic E-state index is 0.118. The van der Waals surface area contributed by atoms with Crippen molar-refractivity contribution in [1.29, 1.82) is 0 Å². The van der Waals surface area contributed by atoms with Crippen molar-refractivity contribution >= 4 is 17.8 Å². The molecule has 0 radical (unpaired) electrons. The summed E-state index contributed by atoms with van der Waals surface area (Å²) in [6, 6.07) is 10.3. The zero-order valence-corrected chi connectivity index (χ0v) is 14.8. The summed E-state index contributed by atoms with van der Waals surface area (Å²) in [5.74, 6) is -0.951. The van der Waals surface area contributed by atoms with Gasteiger partial charge in [-0.05, 0) is 48.7 Å². The second kappa shape index (κ2) is 9.36. The van der Waals surface area contributed by atoms with Crippen LogP contribution >= 0.6 is 0 Å². The lowest BCUT2D eigenvalue weighted by atomic mass is 10.2. The molecule has 0 fully saturated rings. The fourth-order valence-corrected chi connectivity index (χ4v) is 2.15. The number of ketones is 1. The van der Waals surface area contributed by atoms with E-state index in [0.717, 1.165) is 12.0 Å². The van der Waals surface area contributed by atoms with Gasteiger partial charge in [0.2, 0.25) is 11.5 Å². The molecule has 6 heteroatoms. The number of hydrogen-bond donors (Lipinski definition) is 1. The first kappa shape index (κ1) is 19.2. The minimum atomic E-state index is -1.13. The van der Waals surface area contributed by atoms with Gasteiger partial charge in [0.05, 0.1) is 6.61 Å². The summed E-state index contributed by atoms with van der Waals surface area (Å²) >= 11 is 0. The first-order chi connectivity index (χ1) is 12.5. The molecule has 0 spiro atoms. The lowest BCUT2D eigenvalue weighted by Crippen LogP contribution is -2.13. The molecule has 0 bridgehead atoms. The van der Waals surface area contributed by atoms with Crippen LogP contribution in [-0.4, -0.2) is 35.1 Å². The molecule has 1 heterocycles. The molecular formula is C20H21NO5. The number of aromatic nitrogens is 1. The maximum absolute atomic E-state index is 12.1. The van der Waals surface area contributed by atoms with Crippen LogP contribution in [0.15, 0.2) is 48.4 Å². The van der Waals surface area contributed by atoms with E-state index in [2.05, 4.69) is 4.98 Å². The normalized spacial score (nSPS) is 11.1. The van der Waals surface area contributed by atoms with E-state index in [4.69, 9.17) is 14.6 Å². The van der Waals surface area contributed by atoms with Gasteiger partial charge in [-0.2, -0.15) is 0 Å². The number of benzene rings is 1. The number of pyridine rings is 1. The van der Waals surface area contributed by atoms with E-state index in [0.29, 0.717) is 17.0 Å². The zero-order valence-electron chi connectivity index (χ0n) is 14.8. The van der Waals surface area contributed by atoms with E-state index in [1.165, 1.54) is 6.08 Å². The van der Waals surface area contributed by atoms with Gasteiger partial charge in [-0.25, -0.2) is 4.79 Å². The summed E-state index contributed by atoms with van der Waals surface area (Å²) in [4.78, 5) is 27.3. The molecule has 2 aromatic rings. The summed E-state index contributed by atoms with van der Waals surface area (Å²) < 4.78 is 10.5. The van der Waals surface area contributed by atoms with Gasteiger partial charge in [0.25, 0.3) is 0 Å². The van der Waals surface area contributed by atoms with Crippen molar-refractivity contribution in [1.82, 2.24) is 4.98 Å². The van der Waals surface area contributed by atoms with Crippen molar-refractivity contribution in [3.8, 4) is 5.75 Å². The average Bonchev–Trinajstić information content (AvgIpc) is 2.66. The van der Waals surface area contributed by atoms with Crippen molar-refractivity contribution in [2.24, 2.45) is 0 Å². The molecule has 0 atom stereocenters. The molecule has 6 nitrogen and oxygen atoms in total. The van der Waals surface area contributed by atoms with Gasteiger partial charge in [0.1, 0.15) is 11.4 Å². The molecule has 1 aromatic heterocycles. The summed E-state index contributed by atoms with van der Waals surface area (Å²) in [6.45, 7) is 3.89. The Kier molecular flexibility index (Phi) is 6.91. The van der Waals surface area contributed by atoms with Gasteiger partial charge in [-0.1, -0.05) is 25.1 Å². The third-order valence-corrected chi connectivity index (χ3v) is 3.58. The number of carbonyl (C=O) groups is 2. The van der Waals surface area contributed by atoms with Gasteiger partial charge in [0.15, 0.2) is 6.61 Å². The van der Waals surface area contributed by atoms with Gasteiger partial charge in [-0.15, -0.1) is 0 Å². The van der Waals surface area contributed by atoms with Gasteiger partial charge in [0, 0.05) is 6.20 Å². The minimum Gasteiger partial charge on any atom is -0.487 e. The summed E-state index contributed by atoms with van der Waals surface area (Å²) in [7, 11) is 0. The molecule has 0 unspecified atom stereocenters. The van der Waals surface area contributed by atoms with E-state index < -0.39 is 5.97 Å². The highest BCUT2D eigenvalue weighted by molar-refractivity contribution is 5.95. The Bertz CT molecular complexity index is 779. The van der Waals surface area contributed by atoms with E-state index >= 15 is 0 Å². The second-order valence-electron chi connectivity index (χ2n) is 5.43. The van der Waals surface area contributed by atoms with Crippen molar-refractivity contribution < 1.29 is 24.2 Å². The standard InChI is InChI=1S/C20H21NO5/c1-3-14-7-10-17(21-12-14)18(22)13-26-16-8-5-15(6-9-16)11-19(20(23)24)25-4-2/h5-12H,3-4,13H2,1-2H3,(H,23,24). The Hall–Kier alpha value is -3.15. The van der Waals surface area contributed by atoms with Gasteiger partial charge >= 0.3 is 5.97 Å². The first-order valence-electron chi connectivity index (χ1n) is 8.32. The SMILES string of the molecule is CCOC(=Cc1ccc(OCC(=O)c2ccc(CC)cn2)cc1)C(=O)O. The summed E-state index contributed by atoms with van der Waals surface area (Å²) in [6.07, 6.45) is 3.98. The maximum atomic E-state index is 12.1. The van der Waals surface area contributed by atoms with E-state index in [1.807, 2.05) is 13.0 Å². The zero-order chi connectivity index (χ0) is 18.9. The lowest BCUT2D eigenvalue weighted by molar-refractivity contribution is -0.136. The molecule has 0 saturated carbocycles. The lowest BCUT2D eigenvalue weighted by Gasteiger charge is -2.07. The number of Topliss-reactive ketones (excluding diaryl/α,β-unsaturated/α-hetero) is 1. The molecule has 26 heavy (non-hydrogen) atoms. The molecule has 1 N–H and O–H groups in total. The number of carboxylic acids is 1. The fraction of sp³-hybridized carbons (Fsp3) is 0.250. The summed E-state index contributed by atoms with van der Waals surface area (Å²) in [5, 5.41) is 9.05. The molecular weight excluding hydrogens is 334 g/mol. The highest BCUT2D eigenvalue weighted by atomic mass is 16.5. The molecule has 0 amide bonds. The van der Waals surface area contributed by atoms with Crippen LogP contribution in [0.4, 0.5) is 0 Å². The van der Waals surface area contributed by atoms with Crippen LogP contribution in [0.1, 0.15) is 35.5 Å². The predicted octanol–water partition coefficient (Wildman–Crippen LogP) is 3.37. The Morgan fingerprint density at radius 3 is 2.38 bits per heavy atom. The van der Waals surface area contributed by atoms with Crippen molar-refractivity contribution in [3.63, 3.8) is 0 Å². The molecule has 2 rings (SSSR count). The third-order valence-electron chi connectivity index (χ3n) is 3.58. The van der Waals surface area contributed by atoms with Crippen LogP contribution in [0, 0.1) is 0 Å². The van der Waals surface area contributed by atoms with E-state index in [-0.39, 0.29) is 24.8 Å². The van der Waals surface area contributed by atoms with Crippen molar-refractivity contribution in [2.45, 2.75) is 20.3 Å². The number of carboxylic acid groups (broad SMARTS) is 1.